The van der Waals surface area contributed by atoms with Crippen molar-refractivity contribution < 1.29 is 9.31 Å². The van der Waals surface area contributed by atoms with Gasteiger partial charge in [0.05, 0.1) is 35.3 Å². The van der Waals surface area contributed by atoms with Gasteiger partial charge >= 0.3 is 7.12 Å². The van der Waals surface area contributed by atoms with E-state index in [1.165, 1.54) is 49.3 Å². The fraction of sp³-hybridized carbons (Fsp3) is 0.125. The number of rotatable bonds is 3. The average Bonchev–Trinajstić information content (AvgIpc) is 3.69. The van der Waals surface area contributed by atoms with E-state index in [4.69, 9.17) is 9.31 Å². The molecule has 1 unspecified atom stereocenters. The van der Waals surface area contributed by atoms with Crippen LogP contribution >= 0.6 is 15.9 Å². The van der Waals surface area contributed by atoms with Crippen molar-refractivity contribution in [2.24, 2.45) is 0 Å². The number of halogens is 1. The van der Waals surface area contributed by atoms with E-state index in [0.717, 1.165) is 16.6 Å². The minimum absolute atomic E-state index is 0.141. The van der Waals surface area contributed by atoms with Crippen LogP contribution in [0.2, 0.25) is 5.82 Å². The maximum absolute atomic E-state index is 5.80. The molecule has 2 aliphatic rings. The van der Waals surface area contributed by atoms with Gasteiger partial charge in [-0.05, 0) is 55.0 Å². The third-order valence-corrected chi connectivity index (χ3v) is 8.45. The van der Waals surface area contributed by atoms with Gasteiger partial charge in [0.2, 0.25) is 0 Å². The monoisotopic (exact) mass is 558 g/mol. The van der Waals surface area contributed by atoms with Crippen molar-refractivity contribution in [1.82, 2.24) is 9.13 Å². The van der Waals surface area contributed by atoms with E-state index in [0.29, 0.717) is 13.2 Å². The van der Waals surface area contributed by atoms with Crippen LogP contribution in [0.1, 0.15) is 6.42 Å². The van der Waals surface area contributed by atoms with E-state index in [2.05, 4.69) is 128 Å². The highest BCUT2D eigenvalue weighted by Gasteiger charge is 2.33. The van der Waals surface area contributed by atoms with Gasteiger partial charge in [-0.25, -0.2) is 0 Å². The normalized spacial score (nSPS) is 17.9. The molecule has 0 N–H and O–H groups in total. The van der Waals surface area contributed by atoms with Crippen LogP contribution in [0.3, 0.4) is 0 Å². The molecule has 1 fully saturated rings. The third-order valence-electron chi connectivity index (χ3n) is 7.92. The van der Waals surface area contributed by atoms with Gasteiger partial charge in [-0.1, -0.05) is 70.5 Å². The summed E-state index contributed by atoms with van der Waals surface area (Å²) in [5, 5.41) is 5.07. The highest BCUT2D eigenvalue weighted by Crippen LogP contribution is 2.43. The van der Waals surface area contributed by atoms with Crippen molar-refractivity contribution in [2.75, 3.05) is 13.2 Å². The Bertz CT molecular complexity index is 1930. The predicted octanol–water partition coefficient (Wildman–Crippen LogP) is 8.36. The van der Waals surface area contributed by atoms with Gasteiger partial charge in [-0.15, -0.1) is 0 Å². The summed E-state index contributed by atoms with van der Waals surface area (Å²) in [4.78, 5) is 0. The second kappa shape index (κ2) is 8.74. The smallest absolute Gasteiger partial charge is 0.408 e. The highest BCUT2D eigenvalue weighted by atomic mass is 79.9. The van der Waals surface area contributed by atoms with Gasteiger partial charge in [0.1, 0.15) is 0 Å². The molecule has 4 aromatic carbocycles. The largest absolute Gasteiger partial charge is 0.464 e. The molecule has 38 heavy (non-hydrogen) atoms. The lowest BCUT2D eigenvalue weighted by Gasteiger charge is -2.19. The summed E-state index contributed by atoms with van der Waals surface area (Å²) in [5.74, 6) is 0.244. The summed E-state index contributed by atoms with van der Waals surface area (Å²) in [5.41, 5.74) is 7.22. The molecule has 1 atom stereocenters. The first-order valence-electron chi connectivity index (χ1n) is 13.1. The lowest BCUT2D eigenvalue weighted by atomic mass is 9.68. The second-order valence-corrected chi connectivity index (χ2v) is 11.0. The zero-order valence-corrected chi connectivity index (χ0v) is 22.3. The summed E-state index contributed by atoms with van der Waals surface area (Å²) in [6.45, 7) is 1.36. The first-order valence-corrected chi connectivity index (χ1v) is 13.9. The van der Waals surface area contributed by atoms with Gasteiger partial charge in [0.25, 0.3) is 0 Å². The summed E-state index contributed by atoms with van der Waals surface area (Å²) < 4.78 is 17.5. The maximum atomic E-state index is 5.80. The Hall–Kier alpha value is -3.58. The van der Waals surface area contributed by atoms with Crippen LogP contribution in [0.5, 0.6) is 0 Å². The third kappa shape index (κ3) is 3.31. The number of hydrogen-bond donors (Lipinski definition) is 0. The molecular formula is C32H24BBrN2O2. The number of aromatic nitrogens is 2. The standard InChI is InChI=1S/C32H24BBrN2O2/c34-22-11-15-23(16-12-22)35-29-8-4-2-6-27(29)31-30(35)18-17-26-25-5-1-3-7-28(25)36(32(26)31)24-13-9-21(10-14-24)33-37-19-20-38-33/h1-9,11-18,21H,10,19-20H2. The molecule has 0 spiro atoms. The van der Waals surface area contributed by atoms with E-state index < -0.39 is 0 Å². The van der Waals surface area contributed by atoms with Crippen LogP contribution in [0, 0.1) is 0 Å². The van der Waals surface area contributed by atoms with Crippen molar-refractivity contribution >= 4 is 72.4 Å². The Morgan fingerprint density at radius 2 is 1.42 bits per heavy atom. The molecule has 184 valence electrons. The Balaban J connectivity index is 1.44. The highest BCUT2D eigenvalue weighted by molar-refractivity contribution is 9.10. The number of hydrogen-bond acceptors (Lipinski definition) is 2. The molecule has 1 saturated heterocycles. The lowest BCUT2D eigenvalue weighted by Crippen LogP contribution is -2.22. The minimum atomic E-state index is -0.141. The lowest BCUT2D eigenvalue weighted by molar-refractivity contribution is 0.364. The molecule has 0 amide bonds. The molecule has 6 heteroatoms. The van der Waals surface area contributed by atoms with E-state index in [9.17, 15) is 0 Å². The molecule has 1 aliphatic carbocycles. The van der Waals surface area contributed by atoms with E-state index in [1.54, 1.807) is 0 Å². The number of nitrogens with zero attached hydrogens (tertiary/aromatic N) is 2. The van der Waals surface area contributed by atoms with Crippen molar-refractivity contribution in [3.05, 3.63) is 108 Å². The van der Waals surface area contributed by atoms with Gasteiger partial charge in [0.15, 0.2) is 0 Å². The van der Waals surface area contributed by atoms with Crippen LogP contribution in [0.25, 0.3) is 55.0 Å². The minimum Gasteiger partial charge on any atom is -0.408 e. The summed E-state index contributed by atoms with van der Waals surface area (Å²) in [7, 11) is -0.141. The molecule has 6 aromatic rings. The molecular weight excluding hydrogens is 535 g/mol. The number of benzene rings is 4. The fourth-order valence-corrected chi connectivity index (χ4v) is 6.53. The average molecular weight is 559 g/mol. The van der Waals surface area contributed by atoms with Crippen LogP contribution in [0.15, 0.2) is 108 Å². The van der Waals surface area contributed by atoms with Crippen molar-refractivity contribution in [2.45, 2.75) is 12.2 Å². The summed E-state index contributed by atoms with van der Waals surface area (Å²) in [6, 6.07) is 30.6. The fourth-order valence-electron chi connectivity index (χ4n) is 6.26. The van der Waals surface area contributed by atoms with E-state index in [-0.39, 0.29) is 12.9 Å². The number of para-hydroxylation sites is 2. The van der Waals surface area contributed by atoms with Crippen LogP contribution in [0.4, 0.5) is 0 Å². The van der Waals surface area contributed by atoms with Crippen LogP contribution in [-0.4, -0.2) is 29.5 Å². The Kier molecular flexibility index (Phi) is 5.15. The molecule has 0 saturated carbocycles. The SMILES string of the molecule is Brc1ccc(-n2c3ccccc3c3c4c(ccc32)c2ccccc2n4C2=CCC(B3OCCO3)C=C2)cc1. The van der Waals surface area contributed by atoms with Crippen molar-refractivity contribution in [1.29, 1.82) is 0 Å². The molecule has 0 bridgehead atoms. The molecule has 4 nitrogen and oxygen atoms in total. The molecule has 8 rings (SSSR count). The van der Waals surface area contributed by atoms with Gasteiger partial charge in [-0.2, -0.15) is 0 Å². The summed E-state index contributed by atoms with van der Waals surface area (Å²) >= 11 is 3.60. The molecule has 2 aromatic heterocycles. The van der Waals surface area contributed by atoms with Gasteiger partial charge in [-0.3, -0.25) is 0 Å². The Labute approximate surface area is 229 Å². The summed E-state index contributed by atoms with van der Waals surface area (Å²) in [6.07, 6.45) is 7.74. The second-order valence-electron chi connectivity index (χ2n) is 10.0. The molecule has 1 aliphatic heterocycles. The zero-order valence-electron chi connectivity index (χ0n) is 20.7. The van der Waals surface area contributed by atoms with Crippen LogP contribution < -0.4 is 0 Å². The predicted molar refractivity (Wildman–Crippen MR) is 161 cm³/mol. The zero-order chi connectivity index (χ0) is 25.2. The van der Waals surface area contributed by atoms with Gasteiger partial charge < -0.3 is 18.4 Å². The van der Waals surface area contributed by atoms with Crippen molar-refractivity contribution in [3.8, 4) is 5.69 Å². The van der Waals surface area contributed by atoms with E-state index in [1.807, 2.05) is 0 Å². The number of fused-ring (bicyclic) bond motifs is 7. The van der Waals surface area contributed by atoms with Crippen molar-refractivity contribution in [3.63, 3.8) is 0 Å². The first-order chi connectivity index (χ1) is 18.8. The first kappa shape index (κ1) is 22.4. The Morgan fingerprint density at radius 3 is 2.16 bits per heavy atom. The molecule has 3 heterocycles. The van der Waals surface area contributed by atoms with Gasteiger partial charge in [0, 0.05) is 43.2 Å². The van der Waals surface area contributed by atoms with E-state index >= 15 is 0 Å². The Morgan fingerprint density at radius 1 is 0.711 bits per heavy atom. The van der Waals surface area contributed by atoms with Crippen LogP contribution in [-0.2, 0) is 9.31 Å². The topological polar surface area (TPSA) is 28.3 Å². The molecule has 0 radical (unpaired) electrons. The number of allylic oxidation sites excluding steroid dienone is 4. The maximum Gasteiger partial charge on any atom is 0.464 e. The quantitative estimate of drug-likeness (QED) is 0.204.